The minimum absolute atomic E-state index is 0.00407. The number of H-pyrrole nitrogens is 1. The van der Waals surface area contributed by atoms with E-state index in [1.807, 2.05) is 12.1 Å². The number of hydrogen-bond donors (Lipinski definition) is 1. The van der Waals surface area contributed by atoms with Crippen molar-refractivity contribution < 1.29 is 4.39 Å². The largest absolute Gasteiger partial charge is 0.367 e. The van der Waals surface area contributed by atoms with Crippen molar-refractivity contribution in [1.29, 1.82) is 0 Å². The normalized spacial score (nSPS) is 17.8. The van der Waals surface area contributed by atoms with Gasteiger partial charge in [0.15, 0.2) is 0 Å². The van der Waals surface area contributed by atoms with Crippen LogP contribution in [0.5, 0.6) is 0 Å². The van der Waals surface area contributed by atoms with Crippen LogP contribution >= 0.6 is 11.3 Å². The summed E-state index contributed by atoms with van der Waals surface area (Å²) in [6.07, 6.45) is 4.43. The Morgan fingerprint density at radius 1 is 1.11 bits per heavy atom. The molecule has 5 nitrogen and oxygen atoms in total. The summed E-state index contributed by atoms with van der Waals surface area (Å²) in [5.74, 6) is 0.560. The zero-order valence-corrected chi connectivity index (χ0v) is 16.5. The van der Waals surface area contributed by atoms with Crippen LogP contribution in [0.25, 0.3) is 10.2 Å². The maximum Gasteiger partial charge on any atom is 0.259 e. The van der Waals surface area contributed by atoms with Crippen LogP contribution < -0.4 is 10.5 Å². The van der Waals surface area contributed by atoms with E-state index >= 15 is 0 Å². The molecular weight excluding hydrogens is 375 g/mol. The van der Waals surface area contributed by atoms with E-state index in [2.05, 4.69) is 14.8 Å². The van der Waals surface area contributed by atoms with E-state index in [9.17, 15) is 9.18 Å². The third-order valence-electron chi connectivity index (χ3n) is 5.81. The molecule has 1 saturated heterocycles. The number of hydrogen-bond acceptors (Lipinski definition) is 5. The smallest absolute Gasteiger partial charge is 0.259 e. The van der Waals surface area contributed by atoms with Crippen LogP contribution in [0.4, 0.5) is 10.1 Å². The van der Waals surface area contributed by atoms with Crippen LogP contribution in [-0.4, -0.2) is 41.0 Å². The Bertz CT molecular complexity index is 1070. The number of rotatable bonds is 3. The minimum atomic E-state index is -0.172. The van der Waals surface area contributed by atoms with Crippen LogP contribution in [0.3, 0.4) is 0 Å². The highest BCUT2D eigenvalue weighted by atomic mass is 32.1. The second-order valence-corrected chi connectivity index (χ2v) is 8.70. The van der Waals surface area contributed by atoms with Crippen molar-refractivity contribution in [2.24, 2.45) is 0 Å². The topological polar surface area (TPSA) is 52.2 Å². The maximum absolute atomic E-state index is 14.0. The lowest BCUT2D eigenvalue weighted by Crippen LogP contribution is -2.46. The SMILES string of the molecule is O=c1[nH]c(CN2CCN(c3ccccc3F)CC2)nc2sc3c(c12)CCCC3. The molecule has 1 aliphatic carbocycles. The van der Waals surface area contributed by atoms with E-state index in [1.165, 1.54) is 22.9 Å². The monoisotopic (exact) mass is 398 g/mol. The van der Waals surface area contributed by atoms with Gasteiger partial charge in [-0.3, -0.25) is 9.69 Å². The molecule has 3 heterocycles. The van der Waals surface area contributed by atoms with Gasteiger partial charge in [-0.25, -0.2) is 9.37 Å². The molecule has 0 radical (unpaired) electrons. The number of para-hydroxylation sites is 1. The summed E-state index contributed by atoms with van der Waals surface area (Å²) in [6, 6.07) is 6.92. The standard InChI is InChI=1S/C21H23FN4OS/c22-15-6-2-3-7-16(15)26-11-9-25(10-12-26)13-18-23-20(27)19-14-5-1-4-8-17(14)28-21(19)24-18/h2-3,6-7H,1,4-5,8-13H2,(H,23,24,27). The molecule has 0 saturated carbocycles. The van der Waals surface area contributed by atoms with E-state index in [-0.39, 0.29) is 11.4 Å². The summed E-state index contributed by atoms with van der Waals surface area (Å²) in [7, 11) is 0. The molecule has 0 bridgehead atoms. The molecule has 146 valence electrons. The van der Waals surface area contributed by atoms with Crippen LogP contribution in [0, 0.1) is 5.82 Å². The Kier molecular flexibility index (Phi) is 4.64. The third kappa shape index (κ3) is 3.22. The number of aromatic nitrogens is 2. The summed E-state index contributed by atoms with van der Waals surface area (Å²) in [5, 5.41) is 0.813. The minimum Gasteiger partial charge on any atom is -0.367 e. The van der Waals surface area contributed by atoms with Gasteiger partial charge >= 0.3 is 0 Å². The molecule has 7 heteroatoms. The summed E-state index contributed by atoms with van der Waals surface area (Å²) in [5.41, 5.74) is 1.90. The number of fused-ring (bicyclic) bond motifs is 3. The van der Waals surface area contributed by atoms with E-state index in [1.54, 1.807) is 17.4 Å². The van der Waals surface area contributed by atoms with Crippen LogP contribution in [-0.2, 0) is 19.4 Å². The fourth-order valence-corrected chi connectivity index (χ4v) is 5.63. The highest BCUT2D eigenvalue weighted by Crippen LogP contribution is 2.33. The number of aryl methyl sites for hydroxylation is 2. The van der Waals surface area contributed by atoms with Gasteiger partial charge < -0.3 is 9.88 Å². The van der Waals surface area contributed by atoms with Gasteiger partial charge in [0.05, 0.1) is 17.6 Å². The third-order valence-corrected chi connectivity index (χ3v) is 7.00. The second kappa shape index (κ2) is 7.29. The molecule has 1 N–H and O–H groups in total. The van der Waals surface area contributed by atoms with Gasteiger partial charge in [-0.2, -0.15) is 0 Å². The lowest BCUT2D eigenvalue weighted by molar-refractivity contribution is 0.243. The van der Waals surface area contributed by atoms with Crippen molar-refractivity contribution in [2.75, 3.05) is 31.1 Å². The molecule has 28 heavy (non-hydrogen) atoms. The highest BCUT2D eigenvalue weighted by Gasteiger charge is 2.22. The Hall–Kier alpha value is -2.25. The van der Waals surface area contributed by atoms with Crippen LogP contribution in [0.2, 0.25) is 0 Å². The molecule has 2 aliphatic rings. The Labute approximate surface area is 166 Å². The number of nitrogens with zero attached hydrogens (tertiary/aromatic N) is 3. The summed E-state index contributed by atoms with van der Waals surface area (Å²) >= 11 is 1.69. The first kappa shape index (κ1) is 17.8. The van der Waals surface area contributed by atoms with Crippen LogP contribution in [0.1, 0.15) is 29.1 Å². The quantitative estimate of drug-likeness (QED) is 0.735. The van der Waals surface area contributed by atoms with Crippen molar-refractivity contribution in [3.8, 4) is 0 Å². The van der Waals surface area contributed by atoms with Gasteiger partial charge in [0.1, 0.15) is 16.5 Å². The van der Waals surface area contributed by atoms with Gasteiger partial charge in [-0.1, -0.05) is 12.1 Å². The van der Waals surface area contributed by atoms with E-state index < -0.39 is 0 Å². The molecule has 1 fully saturated rings. The first-order valence-electron chi connectivity index (χ1n) is 9.94. The van der Waals surface area contributed by atoms with Gasteiger partial charge in [-0.15, -0.1) is 11.3 Å². The molecule has 3 aromatic rings. The molecular formula is C21H23FN4OS. The molecule has 1 aromatic carbocycles. The van der Waals surface area contributed by atoms with Crippen molar-refractivity contribution in [3.05, 3.63) is 56.7 Å². The summed E-state index contributed by atoms with van der Waals surface area (Å²) < 4.78 is 14.0. The molecule has 2 aromatic heterocycles. The Morgan fingerprint density at radius 3 is 2.71 bits per heavy atom. The van der Waals surface area contributed by atoms with Gasteiger partial charge in [0.2, 0.25) is 0 Å². The van der Waals surface area contributed by atoms with E-state index in [0.717, 1.165) is 61.5 Å². The number of halogens is 1. The zero-order chi connectivity index (χ0) is 19.1. The summed E-state index contributed by atoms with van der Waals surface area (Å²) in [4.78, 5) is 27.1. The predicted octanol–water partition coefficient (Wildman–Crippen LogP) is 3.32. The van der Waals surface area contributed by atoms with Gasteiger partial charge in [0, 0.05) is 31.1 Å². The van der Waals surface area contributed by atoms with E-state index in [0.29, 0.717) is 12.2 Å². The number of aromatic amines is 1. The van der Waals surface area contributed by atoms with Gasteiger partial charge in [0.25, 0.3) is 5.56 Å². The van der Waals surface area contributed by atoms with Crippen LogP contribution in [0.15, 0.2) is 29.1 Å². The number of anilines is 1. The van der Waals surface area contributed by atoms with Crippen molar-refractivity contribution in [2.45, 2.75) is 32.2 Å². The summed E-state index contributed by atoms with van der Waals surface area (Å²) in [6.45, 7) is 3.79. The average molecular weight is 399 g/mol. The van der Waals surface area contributed by atoms with E-state index in [4.69, 9.17) is 4.98 Å². The van der Waals surface area contributed by atoms with Crippen molar-refractivity contribution in [1.82, 2.24) is 14.9 Å². The Balaban J connectivity index is 1.31. The highest BCUT2D eigenvalue weighted by molar-refractivity contribution is 7.18. The van der Waals surface area contributed by atoms with Gasteiger partial charge in [-0.05, 0) is 43.4 Å². The Morgan fingerprint density at radius 2 is 1.89 bits per heavy atom. The molecule has 0 atom stereocenters. The molecule has 0 spiro atoms. The first-order valence-corrected chi connectivity index (χ1v) is 10.8. The molecule has 0 amide bonds. The maximum atomic E-state index is 14.0. The lowest BCUT2D eigenvalue weighted by Gasteiger charge is -2.35. The fourth-order valence-electron chi connectivity index (χ4n) is 4.35. The molecule has 0 unspecified atom stereocenters. The van der Waals surface area contributed by atoms with Crippen molar-refractivity contribution >= 4 is 27.2 Å². The average Bonchev–Trinajstić information content (AvgIpc) is 3.08. The molecule has 5 rings (SSSR count). The number of nitrogens with one attached hydrogen (secondary N) is 1. The van der Waals surface area contributed by atoms with Crippen molar-refractivity contribution in [3.63, 3.8) is 0 Å². The number of piperazine rings is 1. The molecule has 1 aliphatic heterocycles. The predicted molar refractivity (Wildman–Crippen MR) is 111 cm³/mol. The zero-order valence-electron chi connectivity index (χ0n) is 15.7. The number of thiophene rings is 1. The lowest BCUT2D eigenvalue weighted by atomic mass is 9.97. The second-order valence-electron chi connectivity index (χ2n) is 7.62. The first-order chi connectivity index (χ1) is 13.7. The fraction of sp³-hybridized carbons (Fsp3) is 0.429. The number of benzene rings is 1.